The molecule has 0 nitrogen and oxygen atoms in total. The van der Waals surface area contributed by atoms with Crippen LogP contribution in [0, 0.1) is 89.9 Å². The highest BCUT2D eigenvalue weighted by Crippen LogP contribution is 2.37. The minimum absolute atomic E-state index is 0.0130. The molecule has 0 aliphatic carbocycles. The lowest BCUT2D eigenvalue weighted by molar-refractivity contribution is 0.584. The van der Waals surface area contributed by atoms with Gasteiger partial charge in [-0.05, 0) is 256 Å². The largest absolute Gasteiger partial charge is 0.0622 e. The van der Waals surface area contributed by atoms with Crippen LogP contribution in [0.15, 0.2) is 206 Å². The SMILES string of the molecule is Cc1cc(C)c(C(C)(C)C)cc1-c1ccccc1.Cc1cc(C)c(C)c(C(C)(C)C)c1.Cc1ccc(-c2ccccc2)cc1C(C)(C)C.Cc1ccc(C(C)(C)C)c(C)c1.Cc1ccccc1C(C)(C)C.[2H]C([2H])([2H])c1cc(C)c(C(C)(C)C)cc1-c1ccccc1.[2H]C([2H])([2H])c1ccc(C(C)(C)C)c(C)c1. The van der Waals surface area contributed by atoms with Crippen molar-refractivity contribution in [3.63, 3.8) is 0 Å². The topological polar surface area (TPSA) is 0 Å². The van der Waals surface area contributed by atoms with Crippen molar-refractivity contribution in [3.05, 3.63) is 318 Å². The Morgan fingerprint density at radius 2 is 0.515 bits per heavy atom. The summed E-state index contributed by atoms with van der Waals surface area (Å²) in [5, 5.41) is 0. The fraction of sp³-hybridized carbons (Fsp3) is 0.406. The molecule has 0 fully saturated rings. The van der Waals surface area contributed by atoms with Crippen LogP contribution in [-0.2, 0) is 37.9 Å². The minimum Gasteiger partial charge on any atom is -0.0622 e. The van der Waals surface area contributed by atoms with Gasteiger partial charge in [0.1, 0.15) is 0 Å². The van der Waals surface area contributed by atoms with Gasteiger partial charge < -0.3 is 0 Å². The van der Waals surface area contributed by atoms with Gasteiger partial charge in [-0.3, -0.25) is 0 Å². The molecule has 0 heterocycles. The quantitative estimate of drug-likeness (QED) is 0.165. The van der Waals surface area contributed by atoms with Crippen molar-refractivity contribution >= 4 is 0 Å². The fourth-order valence-electron chi connectivity index (χ4n) is 13.6. The van der Waals surface area contributed by atoms with Crippen molar-refractivity contribution in [3.8, 4) is 33.4 Å². The van der Waals surface area contributed by atoms with Crippen molar-refractivity contribution in [2.24, 2.45) is 0 Å². The van der Waals surface area contributed by atoms with Gasteiger partial charge in [-0.15, -0.1) is 0 Å². The Bertz CT molecular complexity index is 4470. The zero-order valence-electron chi connectivity index (χ0n) is 75.1. The Balaban J connectivity index is 0.000000267. The molecule has 10 aromatic carbocycles. The molecule has 0 bridgehead atoms. The molecule has 0 unspecified atom stereocenters. The molecule has 0 aliphatic rings. The summed E-state index contributed by atoms with van der Waals surface area (Å²) in [6.07, 6.45) is 0. The lowest BCUT2D eigenvalue weighted by Gasteiger charge is -2.24. The lowest BCUT2D eigenvalue weighted by Crippen LogP contribution is -2.14. The predicted octanol–water partition coefficient (Wildman–Crippen LogP) is 29.9. The molecule has 540 valence electrons. The monoisotopic (exact) mass is 1360 g/mol. The first-order chi connectivity index (χ1) is 48.8. The van der Waals surface area contributed by atoms with E-state index in [9.17, 15) is 0 Å². The molecule has 0 aromatic heterocycles. The maximum atomic E-state index is 7.82. The Labute approximate surface area is 628 Å². The Morgan fingerprint density at radius 3 is 0.901 bits per heavy atom. The average Bonchev–Trinajstić information content (AvgIpc) is 0.797. The second-order valence-corrected chi connectivity index (χ2v) is 35.5. The Morgan fingerprint density at radius 1 is 0.188 bits per heavy atom. The van der Waals surface area contributed by atoms with Crippen LogP contribution in [0.5, 0.6) is 0 Å². The van der Waals surface area contributed by atoms with Gasteiger partial charge in [-0.2, -0.15) is 0 Å². The Kier molecular flexibility index (Phi) is 26.9. The Hall–Kier alpha value is -7.80. The number of aryl methyl sites for hydroxylation is 12. The molecule has 0 heteroatoms. The van der Waals surface area contributed by atoms with Crippen LogP contribution >= 0.6 is 0 Å². The summed E-state index contributed by atoms with van der Waals surface area (Å²) in [5.41, 5.74) is 33.3. The van der Waals surface area contributed by atoms with E-state index in [1.165, 1.54) is 111 Å². The molecule has 0 aliphatic heterocycles. The molecule has 0 N–H and O–H groups in total. The zero-order chi connectivity index (χ0) is 81.6. The van der Waals surface area contributed by atoms with Crippen molar-refractivity contribution in [2.45, 2.75) is 273 Å². The third-order valence-corrected chi connectivity index (χ3v) is 18.7. The fourth-order valence-corrected chi connectivity index (χ4v) is 13.6. The first-order valence-electron chi connectivity index (χ1n) is 39.7. The van der Waals surface area contributed by atoms with Gasteiger partial charge in [-0.1, -0.05) is 368 Å². The highest BCUT2D eigenvalue weighted by Gasteiger charge is 2.23. The van der Waals surface area contributed by atoms with E-state index in [2.05, 4.69) is 353 Å². The van der Waals surface area contributed by atoms with Gasteiger partial charge in [0, 0.05) is 8.22 Å². The predicted molar refractivity (Wildman–Crippen MR) is 454 cm³/mol. The van der Waals surface area contributed by atoms with Gasteiger partial charge in [0.2, 0.25) is 0 Å². The highest BCUT2D eigenvalue weighted by molar-refractivity contribution is 5.71. The molecule has 101 heavy (non-hydrogen) atoms. The smallest absolute Gasteiger partial charge is 0.0280 e. The van der Waals surface area contributed by atoms with E-state index < -0.39 is 13.7 Å². The number of hydrogen-bond donors (Lipinski definition) is 0. The maximum Gasteiger partial charge on any atom is 0.0280 e. The molecule has 0 radical (unpaired) electrons. The number of benzene rings is 10. The van der Waals surface area contributed by atoms with E-state index in [0.717, 1.165) is 22.3 Å². The van der Waals surface area contributed by atoms with Crippen molar-refractivity contribution in [1.29, 1.82) is 0 Å². The van der Waals surface area contributed by atoms with E-state index in [1.807, 2.05) is 62.4 Å². The van der Waals surface area contributed by atoms with Crippen LogP contribution in [-0.4, -0.2) is 0 Å². The van der Waals surface area contributed by atoms with Crippen molar-refractivity contribution in [2.75, 3.05) is 0 Å². The van der Waals surface area contributed by atoms with E-state index in [0.29, 0.717) is 11.1 Å². The van der Waals surface area contributed by atoms with Gasteiger partial charge >= 0.3 is 0 Å². The average molecular weight is 1360 g/mol. The summed E-state index contributed by atoms with van der Waals surface area (Å²) >= 11 is 0. The van der Waals surface area contributed by atoms with E-state index in [-0.39, 0.29) is 37.9 Å². The second kappa shape index (κ2) is 35.9. The summed E-state index contributed by atoms with van der Waals surface area (Å²) in [6.45, 7) is 66.3. The first-order valence-corrected chi connectivity index (χ1v) is 36.7. The van der Waals surface area contributed by atoms with Crippen LogP contribution in [0.4, 0.5) is 0 Å². The maximum absolute atomic E-state index is 7.82. The van der Waals surface area contributed by atoms with E-state index in [1.54, 1.807) is 12.1 Å². The van der Waals surface area contributed by atoms with Gasteiger partial charge in [0.15, 0.2) is 0 Å². The van der Waals surface area contributed by atoms with Crippen molar-refractivity contribution in [1.82, 2.24) is 0 Å². The van der Waals surface area contributed by atoms with E-state index in [4.69, 9.17) is 8.22 Å². The van der Waals surface area contributed by atoms with Gasteiger partial charge in [0.05, 0.1) is 0 Å². The number of hydrogen-bond acceptors (Lipinski definition) is 0. The summed E-state index contributed by atoms with van der Waals surface area (Å²) in [5.74, 6) is 0. The summed E-state index contributed by atoms with van der Waals surface area (Å²) in [7, 11) is 0. The zero-order valence-corrected chi connectivity index (χ0v) is 69.1. The molecule has 0 amide bonds. The molecular formula is C101H136. The lowest BCUT2D eigenvalue weighted by atomic mass is 9.81. The van der Waals surface area contributed by atoms with Gasteiger partial charge in [0.25, 0.3) is 0 Å². The second-order valence-electron chi connectivity index (χ2n) is 35.5. The van der Waals surface area contributed by atoms with Crippen LogP contribution in [0.3, 0.4) is 0 Å². The van der Waals surface area contributed by atoms with E-state index >= 15 is 0 Å². The van der Waals surface area contributed by atoms with Crippen LogP contribution in [0.2, 0.25) is 0 Å². The third-order valence-electron chi connectivity index (χ3n) is 18.7. The van der Waals surface area contributed by atoms with Crippen molar-refractivity contribution < 1.29 is 8.22 Å². The third kappa shape index (κ3) is 26.5. The summed E-state index contributed by atoms with van der Waals surface area (Å²) < 4.78 is 45.4. The summed E-state index contributed by atoms with van der Waals surface area (Å²) in [4.78, 5) is 0. The van der Waals surface area contributed by atoms with Crippen LogP contribution in [0.25, 0.3) is 33.4 Å². The highest BCUT2D eigenvalue weighted by atomic mass is 14.3. The normalized spacial score (nSPS) is 12.8. The first kappa shape index (κ1) is 75.9. The van der Waals surface area contributed by atoms with Crippen LogP contribution < -0.4 is 0 Å². The van der Waals surface area contributed by atoms with Crippen LogP contribution in [0.1, 0.15) is 265 Å². The molecule has 10 aromatic rings. The molecule has 0 saturated carbocycles. The number of rotatable bonds is 3. The molecule has 0 spiro atoms. The minimum atomic E-state index is -2.10. The molecule has 0 saturated heterocycles. The molecule has 0 atom stereocenters. The molecular weight excluding hydrogens is 1210 g/mol. The van der Waals surface area contributed by atoms with Gasteiger partial charge in [-0.25, -0.2) is 0 Å². The molecule has 10 rings (SSSR count). The summed E-state index contributed by atoms with van der Waals surface area (Å²) in [6, 6.07) is 71.5. The standard InChI is InChI=1S/2C18H22.C17H20.C13H20.2C12H18.C11H16/c2*1-13-11-14(2)17(18(3,4)5)12-16(13)15-9-7-6-8-10-15;1-13-10-11-15(12-16(13)17(2,3)4)14-8-6-5-7-9-14;1-9-7-10(2)11(3)12(8-9)13(4,5)6;2*1-9-6-7-11(10(2)8-9)12(3,4)5;1-9-7-5-6-8-10(9)11(2,3)4/h2*6-12H,1-5H3;5-12H,1-4H3;7-8H,1-6H3;2*6-8H,1-5H3;5-8H,1-4H3/i1D3;;;;1D3;;.